The van der Waals surface area contributed by atoms with Gasteiger partial charge in [0.25, 0.3) is 5.91 Å². The van der Waals surface area contributed by atoms with E-state index in [1.807, 2.05) is 0 Å². The maximum absolute atomic E-state index is 11.5. The van der Waals surface area contributed by atoms with Gasteiger partial charge in [0.05, 0.1) is 30.6 Å². The van der Waals surface area contributed by atoms with Gasteiger partial charge in [-0.05, 0) is 32.3 Å². The number of likely N-dealkylation sites (tertiary alicyclic amines) is 1. The lowest BCUT2D eigenvalue weighted by atomic mass is 10.0. The van der Waals surface area contributed by atoms with E-state index in [9.17, 15) is 4.79 Å². The molecular weight excluding hydrogens is 284 g/mol. The lowest BCUT2D eigenvalue weighted by Gasteiger charge is -2.42. The van der Waals surface area contributed by atoms with Gasteiger partial charge in [-0.3, -0.25) is 10.0 Å². The molecule has 0 bridgehead atoms. The highest BCUT2D eigenvalue weighted by molar-refractivity contribution is 7.16. The van der Waals surface area contributed by atoms with Crippen LogP contribution >= 0.6 is 22.9 Å². The molecule has 2 rings (SSSR count). The molecule has 1 aliphatic rings. The molecule has 1 aromatic rings. The lowest BCUT2D eigenvalue weighted by Crippen LogP contribution is -2.49. The van der Waals surface area contributed by atoms with Gasteiger partial charge in [0.15, 0.2) is 0 Å². The molecule has 1 atom stereocenters. The quantitative estimate of drug-likeness (QED) is 0.512. The van der Waals surface area contributed by atoms with Crippen LogP contribution in [-0.2, 0) is 0 Å². The lowest BCUT2D eigenvalue weighted by molar-refractivity contribution is -0.941. The van der Waals surface area contributed by atoms with Gasteiger partial charge in [-0.1, -0.05) is 11.6 Å². The summed E-state index contributed by atoms with van der Waals surface area (Å²) >= 11 is 7.52. The molecule has 1 aliphatic heterocycles. The van der Waals surface area contributed by atoms with E-state index in [1.54, 1.807) is 11.5 Å². The maximum Gasteiger partial charge on any atom is 0.277 e. The SMILES string of the molecule is C[C@@H](c1cc(C(=O)NO)c(Cl)s1)[N+]1(C)CCCCC1. The normalized spacial score (nSPS) is 20.0. The number of nitrogens with one attached hydrogen (secondary N) is 1. The van der Waals surface area contributed by atoms with Crippen molar-refractivity contribution in [2.75, 3.05) is 20.1 Å². The molecule has 2 heterocycles. The van der Waals surface area contributed by atoms with Crippen molar-refractivity contribution in [3.05, 3.63) is 20.8 Å². The molecule has 0 spiro atoms. The summed E-state index contributed by atoms with van der Waals surface area (Å²) in [6, 6.07) is 2.13. The second-order valence-corrected chi connectivity index (χ2v) is 7.13. The molecule has 1 amide bonds. The van der Waals surface area contributed by atoms with E-state index in [0.717, 1.165) is 22.4 Å². The number of quaternary nitrogens is 1. The summed E-state index contributed by atoms with van der Waals surface area (Å²) < 4.78 is 1.44. The molecule has 1 fully saturated rings. The highest BCUT2D eigenvalue weighted by Crippen LogP contribution is 2.38. The summed E-state index contributed by atoms with van der Waals surface area (Å²) in [4.78, 5) is 12.6. The van der Waals surface area contributed by atoms with E-state index >= 15 is 0 Å². The number of hydroxylamine groups is 1. The number of hydrogen-bond donors (Lipinski definition) is 2. The third-order valence-corrected chi connectivity index (χ3v) is 5.77. The van der Waals surface area contributed by atoms with E-state index in [0.29, 0.717) is 15.9 Å². The van der Waals surface area contributed by atoms with Crippen molar-refractivity contribution in [3.8, 4) is 0 Å². The van der Waals surface area contributed by atoms with Crippen molar-refractivity contribution < 1.29 is 14.5 Å². The number of piperidine rings is 1. The fourth-order valence-corrected chi connectivity index (χ4v) is 4.21. The van der Waals surface area contributed by atoms with E-state index in [2.05, 4.69) is 14.0 Å². The molecule has 0 saturated carbocycles. The van der Waals surface area contributed by atoms with Gasteiger partial charge < -0.3 is 4.48 Å². The van der Waals surface area contributed by atoms with Gasteiger partial charge in [0.1, 0.15) is 10.4 Å². The predicted octanol–water partition coefficient (Wildman–Crippen LogP) is 3.21. The zero-order chi connectivity index (χ0) is 14.0. The molecule has 4 nitrogen and oxygen atoms in total. The fourth-order valence-electron chi connectivity index (χ4n) is 2.74. The van der Waals surface area contributed by atoms with Crippen LogP contribution in [0.1, 0.15) is 47.5 Å². The standard InChI is InChI=1S/C13H19ClN2O2S/c1-9(16(2)6-4-3-5-7-16)11-8-10(12(14)19-11)13(17)15-18/h8-9H,3-7H2,1-2H3,(H-,15,17,18)/p+1/t9-/m0/s1. The molecule has 1 aromatic heterocycles. The second-order valence-electron chi connectivity index (χ2n) is 5.44. The Morgan fingerprint density at radius 3 is 2.68 bits per heavy atom. The van der Waals surface area contributed by atoms with Gasteiger partial charge in [-0.2, -0.15) is 0 Å². The maximum atomic E-state index is 11.5. The fraction of sp³-hybridized carbons (Fsp3) is 0.615. The minimum Gasteiger partial charge on any atom is -0.319 e. The molecule has 0 radical (unpaired) electrons. The third-order valence-electron chi connectivity index (χ3n) is 4.24. The van der Waals surface area contributed by atoms with Gasteiger partial charge in [0.2, 0.25) is 0 Å². The molecule has 19 heavy (non-hydrogen) atoms. The predicted molar refractivity (Wildman–Crippen MR) is 76.8 cm³/mol. The number of rotatable bonds is 3. The molecule has 0 unspecified atom stereocenters. The average Bonchev–Trinajstić information content (AvgIpc) is 2.80. The van der Waals surface area contributed by atoms with Gasteiger partial charge >= 0.3 is 0 Å². The monoisotopic (exact) mass is 303 g/mol. The summed E-state index contributed by atoms with van der Waals surface area (Å²) in [6.45, 7) is 4.52. The molecule has 0 aromatic carbocycles. The van der Waals surface area contributed by atoms with Crippen molar-refractivity contribution in [1.82, 2.24) is 5.48 Å². The van der Waals surface area contributed by atoms with Crippen LogP contribution in [0.3, 0.4) is 0 Å². The van der Waals surface area contributed by atoms with Crippen LogP contribution in [-0.4, -0.2) is 35.7 Å². The third kappa shape index (κ3) is 2.94. The number of halogens is 1. The average molecular weight is 304 g/mol. The summed E-state index contributed by atoms with van der Waals surface area (Å²) in [5, 5.41) is 8.70. The first-order valence-electron chi connectivity index (χ1n) is 6.56. The van der Waals surface area contributed by atoms with Crippen molar-refractivity contribution in [2.45, 2.75) is 32.2 Å². The van der Waals surface area contributed by atoms with E-state index < -0.39 is 5.91 Å². The Bertz CT molecular complexity index is 469. The van der Waals surface area contributed by atoms with Crippen LogP contribution in [0.15, 0.2) is 6.07 Å². The summed E-state index contributed by atoms with van der Waals surface area (Å²) in [5.41, 5.74) is 2.00. The van der Waals surface area contributed by atoms with Gasteiger partial charge in [-0.25, -0.2) is 5.48 Å². The first-order chi connectivity index (χ1) is 8.98. The van der Waals surface area contributed by atoms with Gasteiger partial charge in [-0.15, -0.1) is 11.3 Å². The summed E-state index contributed by atoms with van der Waals surface area (Å²) in [5.74, 6) is -0.541. The van der Waals surface area contributed by atoms with E-state index in [4.69, 9.17) is 16.8 Å². The highest BCUT2D eigenvalue weighted by Gasteiger charge is 2.34. The minimum atomic E-state index is -0.541. The van der Waals surface area contributed by atoms with Crippen LogP contribution in [0.25, 0.3) is 0 Å². The van der Waals surface area contributed by atoms with E-state index in [1.165, 1.54) is 30.6 Å². The molecule has 1 saturated heterocycles. The van der Waals surface area contributed by atoms with Gasteiger partial charge in [0, 0.05) is 0 Å². The van der Waals surface area contributed by atoms with Crippen molar-refractivity contribution in [3.63, 3.8) is 0 Å². The van der Waals surface area contributed by atoms with Crippen LogP contribution < -0.4 is 5.48 Å². The Morgan fingerprint density at radius 1 is 1.47 bits per heavy atom. The first kappa shape index (κ1) is 14.8. The Balaban J connectivity index is 2.24. The second kappa shape index (κ2) is 5.79. The first-order valence-corrected chi connectivity index (χ1v) is 7.75. The Labute approximate surface area is 122 Å². The summed E-state index contributed by atoms with van der Waals surface area (Å²) in [6.07, 6.45) is 3.82. The number of thiophene rings is 1. The topological polar surface area (TPSA) is 49.3 Å². The molecule has 2 N–H and O–H groups in total. The van der Waals surface area contributed by atoms with E-state index in [-0.39, 0.29) is 0 Å². The van der Waals surface area contributed by atoms with Crippen molar-refractivity contribution in [2.24, 2.45) is 0 Å². The zero-order valence-electron chi connectivity index (χ0n) is 11.3. The number of nitrogens with zero attached hydrogens (tertiary/aromatic N) is 1. The summed E-state index contributed by atoms with van der Waals surface area (Å²) in [7, 11) is 2.27. The van der Waals surface area contributed by atoms with Crippen LogP contribution in [0.2, 0.25) is 4.34 Å². The van der Waals surface area contributed by atoms with Crippen LogP contribution in [0.4, 0.5) is 0 Å². The number of carbonyl (C=O) groups is 1. The molecule has 0 aliphatic carbocycles. The molecule has 6 heteroatoms. The Morgan fingerprint density at radius 2 is 2.11 bits per heavy atom. The molecule has 106 valence electrons. The smallest absolute Gasteiger partial charge is 0.277 e. The minimum absolute atomic E-state index is 0.322. The zero-order valence-corrected chi connectivity index (χ0v) is 12.9. The largest absolute Gasteiger partial charge is 0.319 e. The number of hydrogen-bond acceptors (Lipinski definition) is 3. The number of carbonyl (C=O) groups excluding carboxylic acids is 1. The molecular formula is C13H20ClN2O2S+. The highest BCUT2D eigenvalue weighted by atomic mass is 35.5. The van der Waals surface area contributed by atoms with Crippen molar-refractivity contribution >= 4 is 28.8 Å². The number of amides is 1. The Hall–Kier alpha value is -0.620. The van der Waals surface area contributed by atoms with Crippen LogP contribution in [0, 0.1) is 0 Å². The van der Waals surface area contributed by atoms with Crippen molar-refractivity contribution in [1.29, 1.82) is 0 Å². The Kier molecular flexibility index (Phi) is 4.50. The van der Waals surface area contributed by atoms with Crippen LogP contribution in [0.5, 0.6) is 0 Å².